The SMILES string of the molecule is SCCCCCCCCC1C=CC=C1. The lowest BCUT2D eigenvalue weighted by atomic mass is 10.0. The van der Waals surface area contributed by atoms with Crippen molar-refractivity contribution in [2.75, 3.05) is 5.75 Å². The van der Waals surface area contributed by atoms with Gasteiger partial charge >= 0.3 is 0 Å². The lowest BCUT2D eigenvalue weighted by Gasteiger charge is -2.04. The van der Waals surface area contributed by atoms with E-state index in [-0.39, 0.29) is 0 Å². The Morgan fingerprint density at radius 2 is 1.36 bits per heavy atom. The summed E-state index contributed by atoms with van der Waals surface area (Å²) in [6.07, 6.45) is 18.6. The molecule has 0 amide bonds. The monoisotopic (exact) mass is 210 g/mol. The molecule has 1 heteroatoms. The third-order valence-corrected chi connectivity index (χ3v) is 3.09. The molecule has 1 rings (SSSR count). The number of hydrogen-bond donors (Lipinski definition) is 1. The second-order valence-electron chi connectivity index (χ2n) is 4.07. The topological polar surface area (TPSA) is 0 Å². The molecule has 0 heterocycles. The first-order chi connectivity index (χ1) is 6.93. The van der Waals surface area contributed by atoms with Gasteiger partial charge in [0.05, 0.1) is 0 Å². The van der Waals surface area contributed by atoms with Crippen molar-refractivity contribution in [2.24, 2.45) is 5.92 Å². The van der Waals surface area contributed by atoms with Crippen molar-refractivity contribution in [2.45, 2.75) is 44.9 Å². The van der Waals surface area contributed by atoms with Crippen LogP contribution in [0, 0.1) is 5.92 Å². The zero-order valence-corrected chi connectivity index (χ0v) is 9.89. The van der Waals surface area contributed by atoms with Crippen LogP contribution in [0.5, 0.6) is 0 Å². The smallest absolute Gasteiger partial charge is 0.00473 e. The average molecular weight is 210 g/mol. The van der Waals surface area contributed by atoms with E-state index < -0.39 is 0 Å². The van der Waals surface area contributed by atoms with Crippen LogP contribution in [0.1, 0.15) is 44.9 Å². The van der Waals surface area contributed by atoms with Crippen molar-refractivity contribution in [1.29, 1.82) is 0 Å². The Hall–Kier alpha value is -0.170. The Balaban J connectivity index is 1.80. The minimum Gasteiger partial charge on any atom is -0.179 e. The van der Waals surface area contributed by atoms with Crippen molar-refractivity contribution in [3.8, 4) is 0 Å². The molecule has 0 saturated heterocycles. The van der Waals surface area contributed by atoms with Crippen LogP contribution in [0.4, 0.5) is 0 Å². The van der Waals surface area contributed by atoms with Gasteiger partial charge in [-0.3, -0.25) is 0 Å². The first kappa shape index (κ1) is 11.9. The quantitative estimate of drug-likeness (QED) is 0.446. The zero-order chi connectivity index (χ0) is 10.1. The molecular weight excluding hydrogens is 188 g/mol. The highest BCUT2D eigenvalue weighted by atomic mass is 32.1. The molecule has 80 valence electrons. The van der Waals surface area contributed by atoms with E-state index in [0.717, 1.165) is 11.7 Å². The van der Waals surface area contributed by atoms with E-state index in [1.165, 1.54) is 44.9 Å². The molecule has 14 heavy (non-hydrogen) atoms. The maximum absolute atomic E-state index is 4.21. The van der Waals surface area contributed by atoms with Crippen LogP contribution in [0.3, 0.4) is 0 Å². The fraction of sp³-hybridized carbons (Fsp3) is 0.692. The van der Waals surface area contributed by atoms with Gasteiger partial charge in [-0.15, -0.1) is 0 Å². The molecule has 0 bridgehead atoms. The Morgan fingerprint density at radius 1 is 0.786 bits per heavy atom. The van der Waals surface area contributed by atoms with E-state index in [1.807, 2.05) is 0 Å². The van der Waals surface area contributed by atoms with E-state index in [2.05, 4.69) is 36.9 Å². The summed E-state index contributed by atoms with van der Waals surface area (Å²) in [6, 6.07) is 0. The molecule has 0 unspecified atom stereocenters. The molecule has 1 aliphatic rings. The first-order valence-electron chi connectivity index (χ1n) is 5.89. The summed E-state index contributed by atoms with van der Waals surface area (Å²) in [6.45, 7) is 0. The standard InChI is InChI=1S/C13H22S/c14-12-8-4-2-1-3-5-9-13-10-6-7-11-13/h6-7,10-11,13-14H,1-5,8-9,12H2. The van der Waals surface area contributed by atoms with Crippen molar-refractivity contribution in [1.82, 2.24) is 0 Å². The summed E-state index contributed by atoms with van der Waals surface area (Å²) in [5.74, 6) is 1.80. The predicted octanol–water partition coefficient (Wildman–Crippen LogP) is 4.39. The van der Waals surface area contributed by atoms with E-state index in [0.29, 0.717) is 0 Å². The molecule has 1 aliphatic carbocycles. The molecule has 0 N–H and O–H groups in total. The van der Waals surface area contributed by atoms with Crippen molar-refractivity contribution >= 4 is 12.6 Å². The van der Waals surface area contributed by atoms with Gasteiger partial charge in [0, 0.05) is 0 Å². The lowest BCUT2D eigenvalue weighted by Crippen LogP contribution is -1.89. The average Bonchev–Trinajstić information content (AvgIpc) is 2.69. The molecular formula is C13H22S. The van der Waals surface area contributed by atoms with Gasteiger partial charge in [-0.05, 0) is 24.5 Å². The van der Waals surface area contributed by atoms with Gasteiger partial charge in [-0.2, -0.15) is 12.6 Å². The van der Waals surface area contributed by atoms with Crippen LogP contribution in [0.25, 0.3) is 0 Å². The molecule has 0 aromatic carbocycles. The fourth-order valence-electron chi connectivity index (χ4n) is 1.87. The van der Waals surface area contributed by atoms with Crippen molar-refractivity contribution < 1.29 is 0 Å². The highest BCUT2D eigenvalue weighted by Gasteiger charge is 2.02. The lowest BCUT2D eigenvalue weighted by molar-refractivity contribution is 0.566. The highest BCUT2D eigenvalue weighted by molar-refractivity contribution is 7.80. The van der Waals surface area contributed by atoms with Gasteiger partial charge in [-0.25, -0.2) is 0 Å². The molecule has 0 atom stereocenters. The molecule has 0 radical (unpaired) electrons. The summed E-state index contributed by atoms with van der Waals surface area (Å²) in [5, 5.41) is 0. The highest BCUT2D eigenvalue weighted by Crippen LogP contribution is 2.17. The second-order valence-corrected chi connectivity index (χ2v) is 4.51. The third-order valence-electron chi connectivity index (χ3n) is 2.77. The summed E-state index contributed by atoms with van der Waals surface area (Å²) >= 11 is 4.21. The molecule has 0 aromatic heterocycles. The summed E-state index contributed by atoms with van der Waals surface area (Å²) < 4.78 is 0. The van der Waals surface area contributed by atoms with Gasteiger partial charge in [0.2, 0.25) is 0 Å². The largest absolute Gasteiger partial charge is 0.179 e. The minimum absolute atomic E-state index is 0.743. The van der Waals surface area contributed by atoms with Crippen LogP contribution < -0.4 is 0 Å². The maximum atomic E-state index is 4.21. The fourth-order valence-corrected chi connectivity index (χ4v) is 2.09. The van der Waals surface area contributed by atoms with E-state index in [9.17, 15) is 0 Å². The van der Waals surface area contributed by atoms with Crippen LogP contribution in [0.15, 0.2) is 24.3 Å². The Kier molecular flexibility index (Phi) is 6.94. The Bertz CT molecular complexity index is 170. The number of thiol groups is 1. The predicted molar refractivity (Wildman–Crippen MR) is 67.9 cm³/mol. The van der Waals surface area contributed by atoms with E-state index in [1.54, 1.807) is 0 Å². The van der Waals surface area contributed by atoms with Gasteiger partial charge in [0.1, 0.15) is 0 Å². The Morgan fingerprint density at radius 3 is 2.00 bits per heavy atom. The van der Waals surface area contributed by atoms with E-state index >= 15 is 0 Å². The van der Waals surface area contributed by atoms with Crippen LogP contribution in [0.2, 0.25) is 0 Å². The number of allylic oxidation sites excluding steroid dienone is 4. The number of unbranched alkanes of at least 4 members (excludes halogenated alkanes) is 5. The van der Waals surface area contributed by atoms with Crippen LogP contribution in [-0.4, -0.2) is 5.75 Å². The van der Waals surface area contributed by atoms with E-state index in [4.69, 9.17) is 0 Å². The number of hydrogen-bond acceptors (Lipinski definition) is 1. The normalized spacial score (nSPS) is 15.5. The molecule has 0 fully saturated rings. The summed E-state index contributed by atoms with van der Waals surface area (Å²) in [5.41, 5.74) is 0. The van der Waals surface area contributed by atoms with Gasteiger partial charge in [0.25, 0.3) is 0 Å². The molecule has 0 aliphatic heterocycles. The van der Waals surface area contributed by atoms with Crippen molar-refractivity contribution in [3.05, 3.63) is 24.3 Å². The molecule has 0 spiro atoms. The maximum Gasteiger partial charge on any atom is -0.00473 e. The van der Waals surface area contributed by atoms with Gasteiger partial charge < -0.3 is 0 Å². The van der Waals surface area contributed by atoms with Crippen LogP contribution in [-0.2, 0) is 0 Å². The number of rotatable bonds is 8. The Labute approximate surface area is 93.9 Å². The molecule has 0 nitrogen and oxygen atoms in total. The summed E-state index contributed by atoms with van der Waals surface area (Å²) in [7, 11) is 0. The minimum atomic E-state index is 0.743. The van der Waals surface area contributed by atoms with Crippen LogP contribution >= 0.6 is 12.6 Å². The second kappa shape index (κ2) is 8.16. The molecule has 0 aromatic rings. The van der Waals surface area contributed by atoms with Gasteiger partial charge in [0.15, 0.2) is 0 Å². The zero-order valence-electron chi connectivity index (χ0n) is 8.99. The third kappa shape index (κ3) is 5.54. The molecule has 0 saturated carbocycles. The van der Waals surface area contributed by atoms with Gasteiger partial charge in [-0.1, -0.05) is 56.4 Å². The van der Waals surface area contributed by atoms with Crippen molar-refractivity contribution in [3.63, 3.8) is 0 Å². The first-order valence-corrected chi connectivity index (χ1v) is 6.52. The summed E-state index contributed by atoms with van der Waals surface area (Å²) in [4.78, 5) is 0.